The van der Waals surface area contributed by atoms with E-state index in [4.69, 9.17) is 0 Å². The van der Waals surface area contributed by atoms with E-state index in [1.165, 1.54) is 0 Å². The Labute approximate surface area is 138 Å². The van der Waals surface area contributed by atoms with Crippen molar-refractivity contribution in [2.24, 2.45) is 0 Å². The van der Waals surface area contributed by atoms with Gasteiger partial charge in [-0.15, -0.1) is 0 Å². The predicted octanol–water partition coefficient (Wildman–Crippen LogP) is 3.90. The molecule has 4 rings (SSSR count). The van der Waals surface area contributed by atoms with Gasteiger partial charge < -0.3 is 9.99 Å². The topological polar surface area (TPSA) is 41.9 Å². The maximum atomic E-state index is 13.6. The minimum atomic E-state index is -2.56. The van der Waals surface area contributed by atoms with Crippen LogP contribution < -0.4 is 10.9 Å². The van der Waals surface area contributed by atoms with E-state index in [0.29, 0.717) is 34.2 Å². The van der Waals surface area contributed by atoms with Crippen LogP contribution in [0.4, 0.5) is 17.6 Å². The van der Waals surface area contributed by atoms with Gasteiger partial charge in [-0.1, -0.05) is 0 Å². The molecule has 0 saturated heterocycles. The third-order valence-corrected chi connectivity index (χ3v) is 4.48. The molecule has 2 N–H and O–H groups in total. The first kappa shape index (κ1) is 15.4. The molecule has 1 aliphatic carbocycles. The molecule has 1 aliphatic heterocycles. The van der Waals surface area contributed by atoms with Crippen molar-refractivity contribution in [1.29, 1.82) is 0 Å². The number of hydrogen-bond acceptors (Lipinski definition) is 4. The van der Waals surface area contributed by atoms with Gasteiger partial charge in [-0.25, -0.2) is 13.8 Å². The molecule has 2 heterocycles. The zero-order valence-electron chi connectivity index (χ0n) is 12.2. The third kappa shape index (κ3) is 2.72. The van der Waals surface area contributed by atoms with Crippen LogP contribution in [0.2, 0.25) is 0 Å². The van der Waals surface area contributed by atoms with Crippen LogP contribution in [0, 0.1) is 11.6 Å². The van der Waals surface area contributed by atoms with Crippen LogP contribution in [0.25, 0.3) is 16.6 Å². The minimum absolute atomic E-state index is 0.158. The molecule has 1 aromatic heterocycles. The van der Waals surface area contributed by atoms with Gasteiger partial charge >= 0.3 is 0 Å². The van der Waals surface area contributed by atoms with Crippen molar-refractivity contribution in [3.63, 3.8) is 0 Å². The largest absolute Gasteiger partial charge is 0.321 e. The molecule has 2 aliphatic rings. The smallest absolute Gasteiger partial charge is 0.290 e. The molecule has 1 aromatic carbocycles. The summed E-state index contributed by atoms with van der Waals surface area (Å²) < 4.78 is 54.1. The number of aromatic nitrogens is 2. The van der Waals surface area contributed by atoms with Gasteiger partial charge in [-0.3, -0.25) is 5.43 Å². The first-order valence-corrected chi connectivity index (χ1v) is 8.16. The van der Waals surface area contributed by atoms with Crippen LogP contribution in [0.1, 0.15) is 24.7 Å². The molecule has 0 atom stereocenters. The average molecular weight is 356 g/mol. The second-order valence-electron chi connectivity index (χ2n) is 5.55. The summed E-state index contributed by atoms with van der Waals surface area (Å²) in [4.78, 5) is 4.39. The summed E-state index contributed by atoms with van der Waals surface area (Å²) >= 11 is 0.372. The summed E-state index contributed by atoms with van der Waals surface area (Å²) in [5, 5.41) is 0.245. The minimum Gasteiger partial charge on any atom is -0.321 e. The number of alkyl halides is 2. The molecule has 4 nitrogen and oxygen atoms in total. The molecule has 0 unspecified atom stereocenters. The van der Waals surface area contributed by atoms with Crippen LogP contribution >= 0.6 is 11.8 Å². The second-order valence-corrected chi connectivity index (χ2v) is 6.58. The van der Waals surface area contributed by atoms with Crippen molar-refractivity contribution in [2.45, 2.75) is 24.6 Å². The number of nitrogens with one attached hydrogen (secondary N) is 2. The quantitative estimate of drug-likeness (QED) is 0.816. The third-order valence-electron chi connectivity index (χ3n) is 3.83. The first-order chi connectivity index (χ1) is 11.5. The normalized spacial score (nSPS) is 17.5. The molecule has 126 valence electrons. The van der Waals surface area contributed by atoms with Gasteiger partial charge in [0, 0.05) is 29.9 Å². The molecule has 1 saturated carbocycles. The fraction of sp³-hybridized carbons (Fsp3) is 0.267. The van der Waals surface area contributed by atoms with Crippen LogP contribution in [0.3, 0.4) is 0 Å². The number of halogens is 4. The standard InChI is InChI=1S/C15H12F4N4S/c16-9-4-11-12(5-10(9)17)23(8-1-2-8)14(21-11)7-3-13(22-20-6-7)24-15(18)19/h3-6,8,15,20,22H,1-2H2. The fourth-order valence-electron chi connectivity index (χ4n) is 2.69. The predicted molar refractivity (Wildman–Crippen MR) is 83.8 cm³/mol. The Balaban J connectivity index is 1.83. The molecule has 2 aromatic rings. The number of nitrogens with zero attached hydrogens (tertiary/aromatic N) is 2. The molecule has 9 heteroatoms. The van der Waals surface area contributed by atoms with E-state index in [-0.39, 0.29) is 11.1 Å². The van der Waals surface area contributed by atoms with Crippen molar-refractivity contribution < 1.29 is 17.6 Å². The van der Waals surface area contributed by atoms with E-state index in [1.807, 2.05) is 4.57 Å². The summed E-state index contributed by atoms with van der Waals surface area (Å²) in [6.45, 7) is 0. The number of benzene rings is 1. The Morgan fingerprint density at radius 1 is 1.21 bits per heavy atom. The van der Waals surface area contributed by atoms with E-state index in [9.17, 15) is 17.6 Å². The van der Waals surface area contributed by atoms with Gasteiger partial charge in [0.05, 0.1) is 16.1 Å². The van der Waals surface area contributed by atoms with Gasteiger partial charge in [-0.05, 0) is 30.7 Å². The molecule has 0 radical (unpaired) electrons. The Morgan fingerprint density at radius 3 is 2.67 bits per heavy atom. The zero-order valence-corrected chi connectivity index (χ0v) is 13.0. The van der Waals surface area contributed by atoms with E-state index in [0.717, 1.165) is 25.0 Å². The van der Waals surface area contributed by atoms with Crippen molar-refractivity contribution in [2.75, 3.05) is 0 Å². The Morgan fingerprint density at radius 2 is 1.96 bits per heavy atom. The lowest BCUT2D eigenvalue weighted by Gasteiger charge is -2.17. The summed E-state index contributed by atoms with van der Waals surface area (Å²) in [5.74, 6) is -3.96. The molecule has 0 spiro atoms. The van der Waals surface area contributed by atoms with Crippen molar-refractivity contribution in [3.8, 4) is 0 Å². The van der Waals surface area contributed by atoms with Crippen LogP contribution in [-0.4, -0.2) is 15.3 Å². The number of rotatable bonds is 4. The van der Waals surface area contributed by atoms with Crippen molar-refractivity contribution in [1.82, 2.24) is 20.4 Å². The maximum absolute atomic E-state index is 13.6. The van der Waals surface area contributed by atoms with E-state index in [1.54, 1.807) is 12.3 Å². The number of thioether (sulfide) groups is 1. The number of fused-ring (bicyclic) bond motifs is 1. The SMILES string of the molecule is Fc1cc2nc(C3=CNNC(SC(F)F)=C3)n(C3CC3)c2cc1F. The van der Waals surface area contributed by atoms with Gasteiger partial charge in [0.15, 0.2) is 11.6 Å². The first-order valence-electron chi connectivity index (χ1n) is 7.28. The maximum Gasteiger partial charge on any atom is 0.290 e. The van der Waals surface area contributed by atoms with E-state index < -0.39 is 17.4 Å². The lowest BCUT2D eigenvalue weighted by molar-refractivity contribution is 0.252. The van der Waals surface area contributed by atoms with Gasteiger partial charge in [0.25, 0.3) is 5.76 Å². The van der Waals surface area contributed by atoms with Crippen LogP contribution in [-0.2, 0) is 0 Å². The highest BCUT2D eigenvalue weighted by molar-refractivity contribution is 8.03. The average Bonchev–Trinajstić information content (AvgIpc) is 3.30. The van der Waals surface area contributed by atoms with Gasteiger partial charge in [0.2, 0.25) is 0 Å². The molecular formula is C15H12F4N4S. The Bertz CT molecular complexity index is 870. The summed E-state index contributed by atoms with van der Waals surface area (Å²) in [7, 11) is 0. The highest BCUT2D eigenvalue weighted by Crippen LogP contribution is 2.41. The lowest BCUT2D eigenvalue weighted by Crippen LogP contribution is -2.28. The van der Waals surface area contributed by atoms with Gasteiger partial charge in [-0.2, -0.15) is 8.78 Å². The summed E-state index contributed by atoms with van der Waals surface area (Å²) in [5.41, 5.74) is 6.75. The highest BCUT2D eigenvalue weighted by atomic mass is 32.2. The summed E-state index contributed by atoms with van der Waals surface area (Å²) in [6, 6.07) is 2.35. The molecule has 0 amide bonds. The van der Waals surface area contributed by atoms with Crippen LogP contribution in [0.5, 0.6) is 0 Å². The fourth-order valence-corrected chi connectivity index (χ4v) is 3.19. The Hall–Kier alpha value is -2.16. The second kappa shape index (κ2) is 5.73. The number of hydrogen-bond donors (Lipinski definition) is 2. The van der Waals surface area contributed by atoms with E-state index >= 15 is 0 Å². The van der Waals surface area contributed by atoms with Gasteiger partial charge in [0.1, 0.15) is 5.82 Å². The zero-order chi connectivity index (χ0) is 16.8. The molecule has 0 bridgehead atoms. The van der Waals surface area contributed by atoms with Crippen molar-refractivity contribution >= 4 is 28.4 Å². The lowest BCUT2D eigenvalue weighted by atomic mass is 10.2. The number of hydrazine groups is 1. The number of allylic oxidation sites excluding steroid dienone is 2. The highest BCUT2D eigenvalue weighted by Gasteiger charge is 2.30. The molecular weight excluding hydrogens is 344 g/mol. The summed E-state index contributed by atoms with van der Waals surface area (Å²) in [6.07, 6.45) is 4.96. The molecule has 24 heavy (non-hydrogen) atoms. The van der Waals surface area contributed by atoms with Crippen LogP contribution in [0.15, 0.2) is 29.4 Å². The number of imidazole rings is 1. The Kier molecular flexibility index (Phi) is 3.67. The monoisotopic (exact) mass is 356 g/mol. The van der Waals surface area contributed by atoms with E-state index in [2.05, 4.69) is 15.8 Å². The van der Waals surface area contributed by atoms with Crippen molar-refractivity contribution in [3.05, 3.63) is 46.9 Å². The molecule has 1 fully saturated rings.